The van der Waals surface area contributed by atoms with Crippen molar-refractivity contribution in [1.82, 2.24) is 0 Å². The third-order valence-electron chi connectivity index (χ3n) is 2.29. The molecule has 1 rings (SSSR count). The summed E-state index contributed by atoms with van der Waals surface area (Å²) in [5.41, 5.74) is 0.524. The molecule has 1 aromatic rings. The number of hydrogen-bond donors (Lipinski definition) is 2. The van der Waals surface area contributed by atoms with Crippen molar-refractivity contribution < 1.29 is 19.7 Å². The number of ether oxygens (including phenoxy) is 2. The van der Waals surface area contributed by atoms with Gasteiger partial charge in [-0.1, -0.05) is 17.7 Å². The van der Waals surface area contributed by atoms with E-state index < -0.39 is 6.10 Å². The summed E-state index contributed by atoms with van der Waals surface area (Å²) in [6, 6.07) is 5.11. The molecule has 1 aromatic carbocycles. The van der Waals surface area contributed by atoms with Gasteiger partial charge in [-0.3, -0.25) is 0 Å². The van der Waals surface area contributed by atoms with E-state index in [1.807, 2.05) is 13.8 Å². The molecule has 18 heavy (non-hydrogen) atoms. The fourth-order valence-electron chi connectivity index (χ4n) is 1.37. The molecule has 0 saturated heterocycles. The van der Waals surface area contributed by atoms with Gasteiger partial charge in [-0.25, -0.2) is 0 Å². The van der Waals surface area contributed by atoms with Gasteiger partial charge < -0.3 is 19.7 Å². The van der Waals surface area contributed by atoms with Gasteiger partial charge in [0, 0.05) is 10.6 Å². The van der Waals surface area contributed by atoms with Gasteiger partial charge in [0.05, 0.1) is 19.3 Å². The van der Waals surface area contributed by atoms with Gasteiger partial charge in [0.15, 0.2) is 0 Å². The van der Waals surface area contributed by atoms with Crippen LogP contribution in [0, 0.1) is 0 Å². The predicted octanol–water partition coefficient (Wildman–Crippen LogP) is 2.00. The molecule has 0 aliphatic carbocycles. The van der Waals surface area contributed by atoms with E-state index in [0.29, 0.717) is 16.3 Å². The Bertz CT molecular complexity index is 368. The second kappa shape index (κ2) is 7.59. The minimum absolute atomic E-state index is 0.0684. The number of hydrogen-bond acceptors (Lipinski definition) is 4. The Balaban J connectivity index is 2.50. The van der Waals surface area contributed by atoms with Crippen LogP contribution in [0.3, 0.4) is 0 Å². The normalized spacial score (nSPS) is 12.8. The van der Waals surface area contributed by atoms with Gasteiger partial charge in [0.1, 0.15) is 18.5 Å². The first-order valence-corrected chi connectivity index (χ1v) is 6.23. The number of aliphatic hydroxyl groups excluding tert-OH is 2. The summed E-state index contributed by atoms with van der Waals surface area (Å²) >= 11 is 5.92. The highest BCUT2D eigenvalue weighted by Gasteiger charge is 2.10. The second-order valence-corrected chi connectivity index (χ2v) is 4.63. The molecule has 0 bridgehead atoms. The van der Waals surface area contributed by atoms with Crippen molar-refractivity contribution >= 4 is 11.6 Å². The highest BCUT2D eigenvalue weighted by Crippen LogP contribution is 2.26. The van der Waals surface area contributed by atoms with E-state index in [2.05, 4.69) is 0 Å². The molecule has 0 aliphatic heterocycles. The number of halogens is 1. The van der Waals surface area contributed by atoms with Crippen molar-refractivity contribution in [2.45, 2.75) is 32.7 Å². The first-order chi connectivity index (χ1) is 8.54. The molecular weight excluding hydrogens is 256 g/mol. The van der Waals surface area contributed by atoms with Crippen LogP contribution in [0.25, 0.3) is 0 Å². The highest BCUT2D eigenvalue weighted by atomic mass is 35.5. The molecule has 5 heteroatoms. The molecule has 1 unspecified atom stereocenters. The van der Waals surface area contributed by atoms with E-state index in [1.54, 1.807) is 18.2 Å². The van der Waals surface area contributed by atoms with E-state index in [0.717, 1.165) is 0 Å². The summed E-state index contributed by atoms with van der Waals surface area (Å²) < 4.78 is 10.7. The maximum atomic E-state index is 9.65. The van der Waals surface area contributed by atoms with Gasteiger partial charge in [-0.15, -0.1) is 0 Å². The first kappa shape index (κ1) is 15.2. The predicted molar refractivity (Wildman–Crippen MR) is 70.0 cm³/mol. The van der Waals surface area contributed by atoms with Gasteiger partial charge in [-0.05, 0) is 26.0 Å². The minimum Gasteiger partial charge on any atom is -0.490 e. The van der Waals surface area contributed by atoms with E-state index in [4.69, 9.17) is 21.1 Å². The van der Waals surface area contributed by atoms with Gasteiger partial charge >= 0.3 is 0 Å². The van der Waals surface area contributed by atoms with Crippen molar-refractivity contribution in [1.29, 1.82) is 0 Å². The Hall–Kier alpha value is -0.810. The van der Waals surface area contributed by atoms with Crippen molar-refractivity contribution in [3.05, 3.63) is 28.8 Å². The molecular formula is C13H19ClO4. The van der Waals surface area contributed by atoms with Crippen molar-refractivity contribution in [3.8, 4) is 5.75 Å². The van der Waals surface area contributed by atoms with Crippen molar-refractivity contribution in [2.75, 3.05) is 13.2 Å². The molecule has 0 saturated carbocycles. The fourth-order valence-corrected chi connectivity index (χ4v) is 1.59. The standard InChI is InChI=1S/C13H19ClO4/c1-9(2)17-7-10(16)8-18-13-5-3-4-12(14)11(13)6-15/h3-5,9-10,15-16H,6-8H2,1-2H3. The van der Waals surface area contributed by atoms with Gasteiger partial charge in [0.2, 0.25) is 0 Å². The summed E-state index contributed by atoms with van der Waals surface area (Å²) in [5.74, 6) is 0.480. The van der Waals surface area contributed by atoms with Crippen LogP contribution in [-0.2, 0) is 11.3 Å². The molecule has 0 fully saturated rings. The van der Waals surface area contributed by atoms with Crippen molar-refractivity contribution in [2.24, 2.45) is 0 Å². The van der Waals surface area contributed by atoms with Crippen LogP contribution in [0.2, 0.25) is 5.02 Å². The molecule has 1 atom stereocenters. The molecule has 0 amide bonds. The Morgan fingerprint density at radius 3 is 2.61 bits per heavy atom. The fraction of sp³-hybridized carbons (Fsp3) is 0.538. The Kier molecular flexibility index (Phi) is 6.43. The van der Waals surface area contributed by atoms with Crippen LogP contribution in [-0.4, -0.2) is 35.6 Å². The molecule has 0 spiro atoms. The lowest BCUT2D eigenvalue weighted by molar-refractivity contribution is -0.0125. The lowest BCUT2D eigenvalue weighted by Gasteiger charge is -2.16. The quantitative estimate of drug-likeness (QED) is 0.798. The largest absolute Gasteiger partial charge is 0.490 e. The van der Waals surface area contributed by atoms with E-state index >= 15 is 0 Å². The smallest absolute Gasteiger partial charge is 0.126 e. The molecule has 2 N–H and O–H groups in total. The van der Waals surface area contributed by atoms with E-state index in [-0.39, 0.29) is 25.9 Å². The number of benzene rings is 1. The first-order valence-electron chi connectivity index (χ1n) is 5.85. The zero-order valence-electron chi connectivity index (χ0n) is 10.6. The maximum Gasteiger partial charge on any atom is 0.126 e. The lowest BCUT2D eigenvalue weighted by Crippen LogP contribution is -2.25. The third kappa shape index (κ3) is 4.82. The van der Waals surface area contributed by atoms with Gasteiger partial charge in [-0.2, -0.15) is 0 Å². The molecule has 0 aromatic heterocycles. The minimum atomic E-state index is -0.710. The van der Waals surface area contributed by atoms with Crippen LogP contribution >= 0.6 is 11.6 Å². The third-order valence-corrected chi connectivity index (χ3v) is 2.64. The van der Waals surface area contributed by atoms with E-state index in [1.165, 1.54) is 0 Å². The van der Waals surface area contributed by atoms with Crippen LogP contribution in [0.15, 0.2) is 18.2 Å². The topological polar surface area (TPSA) is 58.9 Å². The Labute approximate surface area is 112 Å². The average molecular weight is 275 g/mol. The molecule has 4 nitrogen and oxygen atoms in total. The number of rotatable bonds is 7. The zero-order chi connectivity index (χ0) is 13.5. The Morgan fingerprint density at radius 2 is 2.00 bits per heavy atom. The van der Waals surface area contributed by atoms with Crippen LogP contribution in [0.5, 0.6) is 5.75 Å². The van der Waals surface area contributed by atoms with Crippen LogP contribution < -0.4 is 4.74 Å². The highest BCUT2D eigenvalue weighted by molar-refractivity contribution is 6.31. The summed E-state index contributed by atoms with van der Waals surface area (Å²) in [5, 5.41) is 19.3. The molecule has 0 heterocycles. The molecule has 0 radical (unpaired) electrons. The molecule has 102 valence electrons. The van der Waals surface area contributed by atoms with Crippen LogP contribution in [0.4, 0.5) is 0 Å². The summed E-state index contributed by atoms with van der Waals surface area (Å²) in [6.07, 6.45) is -0.642. The Morgan fingerprint density at radius 1 is 1.28 bits per heavy atom. The SMILES string of the molecule is CC(C)OCC(O)COc1cccc(Cl)c1CO. The summed E-state index contributed by atoms with van der Waals surface area (Å²) in [6.45, 7) is 3.91. The average Bonchev–Trinajstić information content (AvgIpc) is 2.33. The summed E-state index contributed by atoms with van der Waals surface area (Å²) in [4.78, 5) is 0. The van der Waals surface area contributed by atoms with Crippen molar-refractivity contribution in [3.63, 3.8) is 0 Å². The zero-order valence-corrected chi connectivity index (χ0v) is 11.4. The van der Waals surface area contributed by atoms with Crippen LogP contribution in [0.1, 0.15) is 19.4 Å². The van der Waals surface area contributed by atoms with E-state index in [9.17, 15) is 10.2 Å². The summed E-state index contributed by atoms with van der Waals surface area (Å²) in [7, 11) is 0. The lowest BCUT2D eigenvalue weighted by atomic mass is 10.2. The monoisotopic (exact) mass is 274 g/mol. The number of aliphatic hydroxyl groups is 2. The molecule has 0 aliphatic rings. The maximum absolute atomic E-state index is 9.65. The second-order valence-electron chi connectivity index (χ2n) is 4.22. The van der Waals surface area contributed by atoms with Gasteiger partial charge in [0.25, 0.3) is 0 Å².